The van der Waals surface area contributed by atoms with Gasteiger partial charge in [-0.25, -0.2) is 4.39 Å². The van der Waals surface area contributed by atoms with Gasteiger partial charge in [-0.3, -0.25) is 0 Å². The first-order chi connectivity index (χ1) is 7.58. The first-order valence-electron chi connectivity index (χ1n) is 5.87. The van der Waals surface area contributed by atoms with Crippen LogP contribution in [0.5, 0.6) is 0 Å². The number of halogens is 1. The Labute approximate surface area is 96.5 Å². The van der Waals surface area contributed by atoms with E-state index in [0.29, 0.717) is 5.92 Å². The molecule has 1 heterocycles. The number of hydrogen-bond donors (Lipinski definition) is 1. The van der Waals surface area contributed by atoms with Crippen LogP contribution < -0.4 is 10.2 Å². The minimum absolute atomic E-state index is 0.127. The van der Waals surface area contributed by atoms with E-state index < -0.39 is 0 Å². The van der Waals surface area contributed by atoms with Crippen LogP contribution in [0.4, 0.5) is 15.8 Å². The maximum Gasteiger partial charge on any atom is 0.128 e. The van der Waals surface area contributed by atoms with Crippen molar-refractivity contribution in [3.05, 3.63) is 23.5 Å². The molecule has 2 rings (SSSR count). The molecule has 1 aliphatic rings. The predicted octanol–water partition coefficient (Wildman–Crippen LogP) is 3.02. The molecular formula is C13H19FN2. The van der Waals surface area contributed by atoms with Crippen LogP contribution in [0.3, 0.4) is 0 Å². The first-order valence-corrected chi connectivity index (χ1v) is 5.87. The quantitative estimate of drug-likeness (QED) is 0.827. The molecule has 0 fully saturated rings. The molecule has 0 aromatic heterocycles. The van der Waals surface area contributed by atoms with E-state index in [0.717, 1.165) is 36.6 Å². The van der Waals surface area contributed by atoms with E-state index in [4.69, 9.17) is 0 Å². The second kappa shape index (κ2) is 4.32. The van der Waals surface area contributed by atoms with Gasteiger partial charge in [0.1, 0.15) is 5.82 Å². The van der Waals surface area contributed by atoms with E-state index in [9.17, 15) is 4.39 Å². The summed E-state index contributed by atoms with van der Waals surface area (Å²) in [5.41, 5.74) is 2.78. The Hall–Kier alpha value is -1.25. The summed E-state index contributed by atoms with van der Waals surface area (Å²) >= 11 is 0. The highest BCUT2D eigenvalue weighted by atomic mass is 19.1. The minimum Gasteiger partial charge on any atom is -0.382 e. The van der Waals surface area contributed by atoms with E-state index in [1.807, 2.05) is 13.0 Å². The number of nitrogens with one attached hydrogen (secondary N) is 1. The van der Waals surface area contributed by atoms with Gasteiger partial charge in [0.25, 0.3) is 0 Å². The fraction of sp³-hybridized carbons (Fsp3) is 0.538. The Kier molecular flexibility index (Phi) is 3.03. The Morgan fingerprint density at radius 2 is 2.19 bits per heavy atom. The van der Waals surface area contributed by atoms with Crippen molar-refractivity contribution in [2.75, 3.05) is 29.9 Å². The zero-order valence-corrected chi connectivity index (χ0v) is 10.2. The van der Waals surface area contributed by atoms with Gasteiger partial charge in [0.15, 0.2) is 0 Å². The first kappa shape index (κ1) is 11.2. The van der Waals surface area contributed by atoms with Crippen LogP contribution in [0, 0.1) is 18.7 Å². The van der Waals surface area contributed by atoms with Gasteiger partial charge < -0.3 is 10.2 Å². The molecule has 0 saturated heterocycles. The van der Waals surface area contributed by atoms with E-state index >= 15 is 0 Å². The number of hydrogen-bond acceptors (Lipinski definition) is 2. The molecule has 0 radical (unpaired) electrons. The zero-order valence-electron chi connectivity index (χ0n) is 10.2. The van der Waals surface area contributed by atoms with Crippen LogP contribution in [0.25, 0.3) is 0 Å². The molecular weight excluding hydrogens is 203 g/mol. The zero-order chi connectivity index (χ0) is 11.7. The average Bonchev–Trinajstić information content (AvgIpc) is 2.20. The molecule has 0 unspecified atom stereocenters. The molecule has 0 spiro atoms. The van der Waals surface area contributed by atoms with Crippen LogP contribution >= 0.6 is 0 Å². The topological polar surface area (TPSA) is 15.3 Å². The number of rotatable bonds is 2. The minimum atomic E-state index is -0.127. The van der Waals surface area contributed by atoms with Crippen LogP contribution in [0.2, 0.25) is 0 Å². The molecule has 0 atom stereocenters. The molecule has 3 heteroatoms. The van der Waals surface area contributed by atoms with Crippen molar-refractivity contribution in [1.29, 1.82) is 0 Å². The Morgan fingerprint density at radius 3 is 2.88 bits per heavy atom. The highest BCUT2D eigenvalue weighted by Gasteiger charge is 2.18. The summed E-state index contributed by atoms with van der Waals surface area (Å²) in [7, 11) is 0. The summed E-state index contributed by atoms with van der Waals surface area (Å²) in [5, 5.41) is 3.25. The second-order valence-corrected chi connectivity index (χ2v) is 4.89. The van der Waals surface area contributed by atoms with Crippen molar-refractivity contribution in [3.63, 3.8) is 0 Å². The van der Waals surface area contributed by atoms with Gasteiger partial charge in [-0.2, -0.15) is 0 Å². The third-order valence-electron chi connectivity index (χ3n) is 2.90. The summed E-state index contributed by atoms with van der Waals surface area (Å²) in [6.07, 6.45) is 0. The smallest absolute Gasteiger partial charge is 0.128 e. The van der Waals surface area contributed by atoms with E-state index in [2.05, 4.69) is 24.1 Å². The fourth-order valence-corrected chi connectivity index (χ4v) is 2.15. The molecule has 2 nitrogen and oxygen atoms in total. The van der Waals surface area contributed by atoms with Gasteiger partial charge in [0.2, 0.25) is 0 Å². The molecule has 0 saturated carbocycles. The standard InChI is InChI=1S/C13H19FN2/c1-9(2)8-16-5-4-15-12-7-11(14)10(3)6-13(12)16/h6-7,9,15H,4-5,8H2,1-3H3. The van der Waals surface area contributed by atoms with Gasteiger partial charge in [-0.15, -0.1) is 0 Å². The van der Waals surface area contributed by atoms with Gasteiger partial charge in [-0.1, -0.05) is 13.8 Å². The highest BCUT2D eigenvalue weighted by Crippen LogP contribution is 2.31. The molecule has 88 valence electrons. The molecule has 1 aromatic carbocycles. The van der Waals surface area contributed by atoms with Crippen molar-refractivity contribution in [3.8, 4) is 0 Å². The molecule has 1 aromatic rings. The lowest BCUT2D eigenvalue weighted by molar-refractivity contribution is 0.602. The maximum absolute atomic E-state index is 13.4. The molecule has 0 amide bonds. The molecule has 0 bridgehead atoms. The number of aryl methyl sites for hydroxylation is 1. The van der Waals surface area contributed by atoms with Gasteiger partial charge in [-0.05, 0) is 30.5 Å². The molecule has 16 heavy (non-hydrogen) atoms. The number of nitrogens with zero attached hydrogens (tertiary/aromatic N) is 1. The number of fused-ring (bicyclic) bond motifs is 1. The van der Waals surface area contributed by atoms with E-state index in [1.54, 1.807) is 6.07 Å². The lowest BCUT2D eigenvalue weighted by Crippen LogP contribution is -2.36. The molecule has 1 N–H and O–H groups in total. The summed E-state index contributed by atoms with van der Waals surface area (Å²) in [5.74, 6) is 0.494. The van der Waals surface area contributed by atoms with Crippen LogP contribution in [-0.2, 0) is 0 Å². The van der Waals surface area contributed by atoms with Crippen molar-refractivity contribution >= 4 is 11.4 Å². The largest absolute Gasteiger partial charge is 0.382 e. The lowest BCUT2D eigenvalue weighted by Gasteiger charge is -2.33. The summed E-state index contributed by atoms with van der Waals surface area (Å²) in [6, 6.07) is 3.55. The Balaban J connectivity index is 2.34. The summed E-state index contributed by atoms with van der Waals surface area (Å²) < 4.78 is 13.4. The normalized spacial score (nSPS) is 14.9. The fourth-order valence-electron chi connectivity index (χ4n) is 2.15. The predicted molar refractivity (Wildman–Crippen MR) is 66.7 cm³/mol. The maximum atomic E-state index is 13.4. The number of benzene rings is 1. The second-order valence-electron chi connectivity index (χ2n) is 4.89. The summed E-state index contributed by atoms with van der Waals surface area (Å²) in [6.45, 7) is 9.15. The van der Waals surface area contributed by atoms with Crippen LogP contribution in [0.15, 0.2) is 12.1 Å². The van der Waals surface area contributed by atoms with E-state index in [1.165, 1.54) is 0 Å². The molecule has 0 aliphatic carbocycles. The average molecular weight is 222 g/mol. The van der Waals surface area contributed by atoms with Crippen LogP contribution in [0.1, 0.15) is 19.4 Å². The monoisotopic (exact) mass is 222 g/mol. The Bertz CT molecular complexity index is 388. The van der Waals surface area contributed by atoms with Crippen LogP contribution in [-0.4, -0.2) is 19.6 Å². The van der Waals surface area contributed by atoms with Crippen molar-refractivity contribution in [2.24, 2.45) is 5.92 Å². The van der Waals surface area contributed by atoms with Gasteiger partial charge in [0, 0.05) is 19.6 Å². The lowest BCUT2D eigenvalue weighted by atomic mass is 10.1. The Morgan fingerprint density at radius 1 is 1.44 bits per heavy atom. The number of anilines is 2. The van der Waals surface area contributed by atoms with Crippen molar-refractivity contribution in [1.82, 2.24) is 0 Å². The SMILES string of the molecule is Cc1cc2c(cc1F)NCCN2CC(C)C. The molecule has 1 aliphatic heterocycles. The van der Waals surface area contributed by atoms with Crippen molar-refractivity contribution < 1.29 is 4.39 Å². The summed E-state index contributed by atoms with van der Waals surface area (Å²) in [4.78, 5) is 2.34. The van der Waals surface area contributed by atoms with Crippen molar-refractivity contribution in [2.45, 2.75) is 20.8 Å². The van der Waals surface area contributed by atoms with Gasteiger partial charge >= 0.3 is 0 Å². The third kappa shape index (κ3) is 2.13. The highest BCUT2D eigenvalue weighted by molar-refractivity contribution is 5.73. The van der Waals surface area contributed by atoms with Gasteiger partial charge in [0.05, 0.1) is 11.4 Å². The third-order valence-corrected chi connectivity index (χ3v) is 2.90. The van der Waals surface area contributed by atoms with E-state index in [-0.39, 0.29) is 5.82 Å².